The van der Waals surface area contributed by atoms with Gasteiger partial charge in [0, 0.05) is 22.5 Å². The van der Waals surface area contributed by atoms with Gasteiger partial charge in [0.05, 0.1) is 12.2 Å². The molecule has 2 N–H and O–H groups in total. The molecule has 0 saturated heterocycles. The summed E-state index contributed by atoms with van der Waals surface area (Å²) in [7, 11) is 0. The highest BCUT2D eigenvalue weighted by molar-refractivity contribution is 6.07. The van der Waals surface area contributed by atoms with E-state index < -0.39 is 17.6 Å². The molecule has 0 heterocycles. The second kappa shape index (κ2) is 10.2. The van der Waals surface area contributed by atoms with Gasteiger partial charge in [-0.25, -0.2) is 0 Å². The van der Waals surface area contributed by atoms with Crippen molar-refractivity contribution < 1.29 is 27.5 Å². The fourth-order valence-corrected chi connectivity index (χ4v) is 2.91. The van der Waals surface area contributed by atoms with Crippen LogP contribution in [-0.2, 0) is 6.18 Å². The molecule has 172 valence electrons. The van der Waals surface area contributed by atoms with E-state index in [-0.39, 0.29) is 17.2 Å². The van der Waals surface area contributed by atoms with Gasteiger partial charge in [-0.15, -0.1) is 0 Å². The topological polar surface area (TPSA) is 67.4 Å². The van der Waals surface area contributed by atoms with Crippen LogP contribution in [0, 0.1) is 5.92 Å². The van der Waals surface area contributed by atoms with Gasteiger partial charge in [0.25, 0.3) is 11.8 Å². The van der Waals surface area contributed by atoms with E-state index in [1.54, 1.807) is 36.4 Å². The van der Waals surface area contributed by atoms with E-state index in [0.29, 0.717) is 29.5 Å². The zero-order valence-corrected chi connectivity index (χ0v) is 18.1. The van der Waals surface area contributed by atoms with E-state index in [4.69, 9.17) is 4.74 Å². The Bertz CT molecular complexity index is 1140. The molecule has 8 heteroatoms. The molecule has 5 nitrogen and oxygen atoms in total. The van der Waals surface area contributed by atoms with Gasteiger partial charge in [-0.2, -0.15) is 13.2 Å². The predicted octanol–water partition coefficient (Wildman–Crippen LogP) is 6.24. The number of halogens is 3. The molecule has 3 aromatic rings. The molecular formula is C25H23F3N2O3. The number of rotatable bonds is 7. The zero-order chi connectivity index (χ0) is 24.0. The molecule has 0 aliphatic rings. The lowest BCUT2D eigenvalue weighted by Crippen LogP contribution is -2.15. The maximum atomic E-state index is 12.9. The minimum absolute atomic E-state index is 0.0162. The van der Waals surface area contributed by atoms with Gasteiger partial charge in [0.15, 0.2) is 0 Å². The average Bonchev–Trinajstić information content (AvgIpc) is 2.77. The van der Waals surface area contributed by atoms with Crippen LogP contribution >= 0.6 is 0 Å². The number of anilines is 2. The smallest absolute Gasteiger partial charge is 0.416 e. The van der Waals surface area contributed by atoms with Crippen molar-refractivity contribution >= 4 is 23.2 Å². The number of nitrogens with one attached hydrogen (secondary N) is 2. The van der Waals surface area contributed by atoms with Gasteiger partial charge in [-0.1, -0.05) is 32.0 Å². The third-order valence-electron chi connectivity index (χ3n) is 4.51. The summed E-state index contributed by atoms with van der Waals surface area (Å²) in [5.41, 5.74) is 0.0860. The maximum absolute atomic E-state index is 12.9. The van der Waals surface area contributed by atoms with Crippen molar-refractivity contribution in [1.29, 1.82) is 0 Å². The van der Waals surface area contributed by atoms with Crippen molar-refractivity contribution in [3.05, 3.63) is 89.5 Å². The van der Waals surface area contributed by atoms with Gasteiger partial charge in [-0.3, -0.25) is 9.59 Å². The standard InChI is InChI=1S/C25H23F3N2O3/c1-16(2)15-33-22-11-4-7-18(13-22)24(32)29-20-9-3-6-17(12-20)23(31)30-21-10-5-8-19(14-21)25(26,27)28/h3-14,16H,15H2,1-2H3,(H,29,32)(H,30,31). The van der Waals surface area contributed by atoms with Crippen LogP contribution in [0.3, 0.4) is 0 Å². The van der Waals surface area contributed by atoms with Gasteiger partial charge in [0.1, 0.15) is 5.75 Å². The van der Waals surface area contributed by atoms with Crippen LogP contribution < -0.4 is 15.4 Å². The summed E-state index contributed by atoms with van der Waals surface area (Å²) in [5, 5.41) is 5.16. The van der Waals surface area contributed by atoms with E-state index in [9.17, 15) is 22.8 Å². The highest BCUT2D eigenvalue weighted by atomic mass is 19.4. The van der Waals surface area contributed by atoms with Crippen molar-refractivity contribution in [3.63, 3.8) is 0 Å². The second-order valence-corrected chi connectivity index (χ2v) is 7.80. The maximum Gasteiger partial charge on any atom is 0.416 e. The number of hydrogen-bond acceptors (Lipinski definition) is 3. The highest BCUT2D eigenvalue weighted by Gasteiger charge is 2.30. The summed E-state index contributed by atoms with van der Waals surface area (Å²) >= 11 is 0. The number of hydrogen-bond donors (Lipinski definition) is 2. The van der Waals surface area contributed by atoms with Crippen molar-refractivity contribution in [3.8, 4) is 5.75 Å². The Kier molecular flexibility index (Phi) is 7.37. The van der Waals surface area contributed by atoms with Crippen molar-refractivity contribution in [2.45, 2.75) is 20.0 Å². The first kappa shape index (κ1) is 23.8. The summed E-state index contributed by atoms with van der Waals surface area (Å²) < 4.78 is 44.3. The Balaban J connectivity index is 1.69. The van der Waals surface area contributed by atoms with E-state index >= 15 is 0 Å². The van der Waals surface area contributed by atoms with Crippen LogP contribution in [0.15, 0.2) is 72.8 Å². The Labute approximate surface area is 189 Å². The normalized spacial score (nSPS) is 11.2. The molecule has 0 unspecified atom stereocenters. The molecule has 0 fully saturated rings. The second-order valence-electron chi connectivity index (χ2n) is 7.80. The first-order valence-electron chi connectivity index (χ1n) is 10.2. The predicted molar refractivity (Wildman–Crippen MR) is 121 cm³/mol. The third-order valence-corrected chi connectivity index (χ3v) is 4.51. The lowest BCUT2D eigenvalue weighted by atomic mass is 10.1. The first-order valence-corrected chi connectivity index (χ1v) is 10.2. The SMILES string of the molecule is CC(C)COc1cccc(C(=O)Nc2cccc(C(=O)Nc3cccc(C(F)(F)F)c3)c2)c1. The number of ether oxygens (including phenoxy) is 1. The molecule has 0 spiro atoms. The van der Waals surface area contributed by atoms with Crippen LogP contribution in [0.4, 0.5) is 24.5 Å². The van der Waals surface area contributed by atoms with Gasteiger partial charge < -0.3 is 15.4 Å². The Morgan fingerprint density at radius 3 is 1.97 bits per heavy atom. The molecule has 3 rings (SSSR count). The summed E-state index contributed by atoms with van der Waals surface area (Å²) in [6.45, 7) is 4.56. The molecule has 2 amide bonds. The lowest BCUT2D eigenvalue weighted by Gasteiger charge is -2.12. The fourth-order valence-electron chi connectivity index (χ4n) is 2.91. The van der Waals surface area contributed by atoms with Crippen LogP contribution in [0.25, 0.3) is 0 Å². The van der Waals surface area contributed by atoms with E-state index in [2.05, 4.69) is 10.6 Å². The molecule has 33 heavy (non-hydrogen) atoms. The number of alkyl halides is 3. The molecule has 0 atom stereocenters. The zero-order valence-electron chi connectivity index (χ0n) is 18.1. The summed E-state index contributed by atoms with van der Waals surface area (Å²) in [6.07, 6.45) is -4.51. The average molecular weight is 456 g/mol. The molecule has 0 radical (unpaired) electrons. The molecule has 0 bridgehead atoms. The largest absolute Gasteiger partial charge is 0.493 e. The Morgan fingerprint density at radius 2 is 1.36 bits per heavy atom. The Hall–Kier alpha value is -3.81. The number of carbonyl (C=O) groups excluding carboxylic acids is 2. The molecule has 0 aliphatic carbocycles. The van der Waals surface area contributed by atoms with E-state index in [1.807, 2.05) is 13.8 Å². The van der Waals surface area contributed by atoms with Crippen molar-refractivity contribution in [2.75, 3.05) is 17.2 Å². The molecular weight excluding hydrogens is 433 g/mol. The van der Waals surface area contributed by atoms with Crippen molar-refractivity contribution in [1.82, 2.24) is 0 Å². The van der Waals surface area contributed by atoms with Crippen molar-refractivity contribution in [2.24, 2.45) is 5.92 Å². The van der Waals surface area contributed by atoms with E-state index in [1.165, 1.54) is 24.3 Å². The number of amides is 2. The van der Waals surface area contributed by atoms with Crippen LogP contribution in [-0.4, -0.2) is 18.4 Å². The van der Waals surface area contributed by atoms with E-state index in [0.717, 1.165) is 12.1 Å². The first-order chi connectivity index (χ1) is 15.6. The van der Waals surface area contributed by atoms with Gasteiger partial charge in [-0.05, 0) is 60.5 Å². The van der Waals surface area contributed by atoms with Crippen LogP contribution in [0.2, 0.25) is 0 Å². The fraction of sp³-hybridized carbons (Fsp3) is 0.200. The minimum atomic E-state index is -4.51. The third kappa shape index (κ3) is 6.83. The summed E-state index contributed by atoms with van der Waals surface area (Å²) in [4.78, 5) is 25.2. The molecule has 0 aromatic heterocycles. The minimum Gasteiger partial charge on any atom is -0.493 e. The summed E-state index contributed by atoms with van der Waals surface area (Å²) in [6, 6.07) is 17.2. The molecule has 0 aliphatic heterocycles. The quantitative estimate of drug-likeness (QED) is 0.442. The van der Waals surface area contributed by atoms with Crippen LogP contribution in [0.1, 0.15) is 40.1 Å². The summed E-state index contributed by atoms with van der Waals surface area (Å²) in [5.74, 6) is -0.0761. The number of benzene rings is 3. The highest BCUT2D eigenvalue weighted by Crippen LogP contribution is 2.30. The number of carbonyl (C=O) groups is 2. The monoisotopic (exact) mass is 456 g/mol. The lowest BCUT2D eigenvalue weighted by molar-refractivity contribution is -0.137. The molecule has 3 aromatic carbocycles. The van der Waals surface area contributed by atoms with Gasteiger partial charge in [0.2, 0.25) is 0 Å². The Morgan fingerprint density at radius 1 is 0.818 bits per heavy atom. The molecule has 0 saturated carbocycles. The van der Waals surface area contributed by atoms with Gasteiger partial charge >= 0.3 is 6.18 Å². The van der Waals surface area contributed by atoms with Crippen LogP contribution in [0.5, 0.6) is 5.75 Å².